The standard InChI is InChI=1S/C23H24N2O5/c24-13-14-2-1-3-16(10-14)15-6-8-25(9-7-15)20(27)11-17-12-21(28)30-23-18(17)4-5-19(26)22(23)29/h1-5,10,12,15,26,29H,6-9,11,13,24H2. The van der Waals surface area contributed by atoms with Gasteiger partial charge in [-0.25, -0.2) is 4.79 Å². The van der Waals surface area contributed by atoms with Crippen LogP contribution in [0.15, 0.2) is 51.7 Å². The van der Waals surface area contributed by atoms with Crippen molar-refractivity contribution in [1.82, 2.24) is 4.90 Å². The zero-order valence-corrected chi connectivity index (χ0v) is 16.5. The van der Waals surface area contributed by atoms with Crippen molar-refractivity contribution in [2.24, 2.45) is 5.73 Å². The molecule has 0 atom stereocenters. The Morgan fingerprint density at radius 1 is 1.13 bits per heavy atom. The average molecular weight is 408 g/mol. The van der Waals surface area contributed by atoms with Crippen molar-refractivity contribution in [2.45, 2.75) is 31.7 Å². The average Bonchev–Trinajstić information content (AvgIpc) is 2.76. The number of likely N-dealkylation sites (tertiary alicyclic amines) is 1. The van der Waals surface area contributed by atoms with E-state index in [1.807, 2.05) is 17.0 Å². The molecular weight excluding hydrogens is 384 g/mol. The van der Waals surface area contributed by atoms with Crippen molar-refractivity contribution < 1.29 is 19.4 Å². The molecule has 1 aliphatic rings. The summed E-state index contributed by atoms with van der Waals surface area (Å²) in [6.07, 6.45) is 1.76. The first-order chi connectivity index (χ1) is 14.5. The van der Waals surface area contributed by atoms with E-state index in [4.69, 9.17) is 10.2 Å². The summed E-state index contributed by atoms with van der Waals surface area (Å²) in [7, 11) is 0. The number of nitrogens with zero attached hydrogens (tertiary/aromatic N) is 1. The van der Waals surface area contributed by atoms with E-state index in [9.17, 15) is 19.8 Å². The van der Waals surface area contributed by atoms with Crippen molar-refractivity contribution in [2.75, 3.05) is 13.1 Å². The molecule has 7 nitrogen and oxygen atoms in total. The molecule has 2 heterocycles. The fraction of sp³-hybridized carbons (Fsp3) is 0.304. The number of phenolic OH excluding ortho intramolecular Hbond substituents is 2. The Morgan fingerprint density at radius 2 is 1.90 bits per heavy atom. The van der Waals surface area contributed by atoms with E-state index in [-0.39, 0.29) is 23.7 Å². The maximum atomic E-state index is 12.9. The SMILES string of the molecule is NCc1cccc(C2CCN(C(=O)Cc3cc(=O)oc4c(O)c(O)ccc34)CC2)c1. The predicted octanol–water partition coefficient (Wildman–Crippen LogP) is 2.61. The third kappa shape index (κ3) is 3.89. The maximum absolute atomic E-state index is 12.9. The van der Waals surface area contributed by atoms with Crippen molar-refractivity contribution in [3.8, 4) is 11.5 Å². The molecular formula is C23H24N2O5. The van der Waals surface area contributed by atoms with Gasteiger partial charge in [-0.1, -0.05) is 24.3 Å². The highest BCUT2D eigenvalue weighted by atomic mass is 16.4. The highest BCUT2D eigenvalue weighted by Crippen LogP contribution is 2.34. The maximum Gasteiger partial charge on any atom is 0.336 e. The van der Waals surface area contributed by atoms with Gasteiger partial charge < -0.3 is 25.3 Å². The lowest BCUT2D eigenvalue weighted by Crippen LogP contribution is -2.38. The van der Waals surface area contributed by atoms with Crippen LogP contribution in [-0.4, -0.2) is 34.1 Å². The second-order valence-corrected chi connectivity index (χ2v) is 7.68. The number of aromatic hydroxyl groups is 2. The number of carbonyl (C=O) groups excluding carboxylic acids is 1. The Kier molecular flexibility index (Phi) is 5.46. The van der Waals surface area contributed by atoms with Crippen LogP contribution in [0.25, 0.3) is 11.0 Å². The number of carbonyl (C=O) groups is 1. The second-order valence-electron chi connectivity index (χ2n) is 7.68. The van der Waals surface area contributed by atoms with Crippen LogP contribution in [0.4, 0.5) is 0 Å². The Labute approximate surface area is 173 Å². The van der Waals surface area contributed by atoms with Crippen LogP contribution in [-0.2, 0) is 17.8 Å². The number of rotatable bonds is 4. The molecule has 0 saturated carbocycles. The summed E-state index contributed by atoms with van der Waals surface area (Å²) in [5.41, 5.74) is 7.79. The van der Waals surface area contributed by atoms with E-state index in [0.717, 1.165) is 18.4 Å². The van der Waals surface area contributed by atoms with Gasteiger partial charge in [-0.05, 0) is 47.6 Å². The molecule has 0 aliphatic carbocycles. The molecule has 30 heavy (non-hydrogen) atoms. The molecule has 4 rings (SSSR count). The van der Waals surface area contributed by atoms with Gasteiger partial charge in [0.25, 0.3) is 0 Å². The molecule has 0 radical (unpaired) electrons. The van der Waals surface area contributed by atoms with Gasteiger partial charge in [0, 0.05) is 31.1 Å². The number of hydrogen-bond donors (Lipinski definition) is 3. The fourth-order valence-corrected chi connectivity index (χ4v) is 4.12. The number of nitrogens with two attached hydrogens (primary N) is 1. The molecule has 2 aromatic carbocycles. The summed E-state index contributed by atoms with van der Waals surface area (Å²) in [6, 6.07) is 12.4. The Hall–Kier alpha value is -3.32. The molecule has 1 aromatic heterocycles. The van der Waals surface area contributed by atoms with E-state index in [1.54, 1.807) is 0 Å². The first-order valence-corrected chi connectivity index (χ1v) is 10.0. The summed E-state index contributed by atoms with van der Waals surface area (Å²) in [4.78, 5) is 26.6. The van der Waals surface area contributed by atoms with Crippen molar-refractivity contribution in [3.05, 3.63) is 69.6 Å². The highest BCUT2D eigenvalue weighted by molar-refractivity contribution is 5.91. The first-order valence-electron chi connectivity index (χ1n) is 10.0. The van der Waals surface area contributed by atoms with E-state index >= 15 is 0 Å². The summed E-state index contributed by atoms with van der Waals surface area (Å²) < 4.78 is 5.02. The lowest BCUT2D eigenvalue weighted by molar-refractivity contribution is -0.131. The number of hydrogen-bond acceptors (Lipinski definition) is 6. The van der Waals surface area contributed by atoms with Crippen molar-refractivity contribution in [3.63, 3.8) is 0 Å². The van der Waals surface area contributed by atoms with Gasteiger partial charge in [-0.15, -0.1) is 0 Å². The number of benzene rings is 2. The molecule has 0 bridgehead atoms. The number of piperidine rings is 1. The van der Waals surface area contributed by atoms with Gasteiger partial charge in [-0.3, -0.25) is 4.79 Å². The van der Waals surface area contributed by atoms with Crippen LogP contribution < -0.4 is 11.4 Å². The third-order valence-corrected chi connectivity index (χ3v) is 5.80. The quantitative estimate of drug-likeness (QED) is 0.451. The summed E-state index contributed by atoms with van der Waals surface area (Å²) >= 11 is 0. The van der Waals surface area contributed by atoms with Gasteiger partial charge >= 0.3 is 5.63 Å². The Morgan fingerprint density at radius 3 is 2.63 bits per heavy atom. The van der Waals surface area contributed by atoms with Gasteiger partial charge in [-0.2, -0.15) is 0 Å². The summed E-state index contributed by atoms with van der Waals surface area (Å²) in [6.45, 7) is 1.79. The Balaban J connectivity index is 1.48. The van der Waals surface area contributed by atoms with Crippen LogP contribution in [0.5, 0.6) is 11.5 Å². The van der Waals surface area contributed by atoms with Gasteiger partial charge in [0.05, 0.1) is 6.42 Å². The molecule has 0 spiro atoms. The molecule has 7 heteroatoms. The normalized spacial score (nSPS) is 14.9. The van der Waals surface area contributed by atoms with Crippen LogP contribution >= 0.6 is 0 Å². The van der Waals surface area contributed by atoms with Gasteiger partial charge in [0.15, 0.2) is 11.3 Å². The summed E-state index contributed by atoms with van der Waals surface area (Å²) in [5.74, 6) is -0.567. The molecule has 1 amide bonds. The van der Waals surface area contributed by atoms with Crippen LogP contribution in [0, 0.1) is 0 Å². The van der Waals surface area contributed by atoms with E-state index in [2.05, 4.69) is 12.1 Å². The number of phenols is 2. The van der Waals surface area contributed by atoms with Crippen LogP contribution in [0.3, 0.4) is 0 Å². The van der Waals surface area contributed by atoms with E-state index in [1.165, 1.54) is 23.8 Å². The molecule has 3 aromatic rings. The monoisotopic (exact) mass is 408 g/mol. The van der Waals surface area contributed by atoms with Crippen molar-refractivity contribution in [1.29, 1.82) is 0 Å². The lowest BCUT2D eigenvalue weighted by atomic mass is 9.88. The predicted molar refractivity (Wildman–Crippen MR) is 112 cm³/mol. The molecule has 1 aliphatic heterocycles. The van der Waals surface area contributed by atoms with Crippen molar-refractivity contribution >= 4 is 16.9 Å². The summed E-state index contributed by atoms with van der Waals surface area (Å²) in [5, 5.41) is 20.1. The zero-order valence-electron chi connectivity index (χ0n) is 16.5. The smallest absolute Gasteiger partial charge is 0.336 e. The lowest BCUT2D eigenvalue weighted by Gasteiger charge is -2.32. The van der Waals surface area contributed by atoms with Gasteiger partial charge in [0.1, 0.15) is 0 Å². The number of amides is 1. The first kappa shape index (κ1) is 20.0. The third-order valence-electron chi connectivity index (χ3n) is 5.80. The minimum Gasteiger partial charge on any atom is -0.504 e. The molecule has 1 saturated heterocycles. The number of fused-ring (bicyclic) bond motifs is 1. The largest absolute Gasteiger partial charge is 0.504 e. The molecule has 1 fully saturated rings. The van der Waals surface area contributed by atoms with E-state index in [0.29, 0.717) is 36.5 Å². The van der Waals surface area contributed by atoms with E-state index < -0.39 is 11.4 Å². The van der Waals surface area contributed by atoms with Gasteiger partial charge in [0.2, 0.25) is 11.7 Å². The topological polar surface area (TPSA) is 117 Å². The molecule has 0 unspecified atom stereocenters. The molecule has 156 valence electrons. The fourth-order valence-electron chi connectivity index (χ4n) is 4.12. The van der Waals surface area contributed by atoms with Crippen LogP contribution in [0.2, 0.25) is 0 Å². The second kappa shape index (κ2) is 8.20. The minimum atomic E-state index is -0.676. The minimum absolute atomic E-state index is 0.0274. The van der Waals surface area contributed by atoms with Crippen LogP contribution in [0.1, 0.15) is 35.4 Å². The zero-order chi connectivity index (χ0) is 21.3. The Bertz CT molecular complexity index is 1150. The highest BCUT2D eigenvalue weighted by Gasteiger charge is 2.25. The molecule has 4 N–H and O–H groups in total.